The number of nitrogens with one attached hydrogen (secondary N) is 1. The van der Waals surface area contributed by atoms with Crippen LogP contribution in [0.4, 0.5) is 10.7 Å². The van der Waals surface area contributed by atoms with Gasteiger partial charge in [-0.15, -0.1) is 11.3 Å². The van der Waals surface area contributed by atoms with Gasteiger partial charge < -0.3 is 11.1 Å². The molecule has 0 fully saturated rings. The molecule has 104 valence electrons. The molecule has 5 heteroatoms. The number of hydrogen-bond acceptors (Lipinski definition) is 5. The van der Waals surface area contributed by atoms with Crippen molar-refractivity contribution in [1.29, 1.82) is 5.26 Å². The molecule has 0 spiro atoms. The number of ketones is 1. The Labute approximate surface area is 122 Å². The van der Waals surface area contributed by atoms with E-state index in [0.29, 0.717) is 17.0 Å². The van der Waals surface area contributed by atoms with Gasteiger partial charge in [0, 0.05) is 29.2 Å². The van der Waals surface area contributed by atoms with Gasteiger partial charge in [-0.3, -0.25) is 4.79 Å². The molecule has 3 N–H and O–H groups in total. The number of thiophene rings is 1. The van der Waals surface area contributed by atoms with Gasteiger partial charge in [0.1, 0.15) is 10.9 Å². The van der Waals surface area contributed by atoms with E-state index >= 15 is 0 Å². The molecule has 2 heterocycles. The van der Waals surface area contributed by atoms with Gasteiger partial charge in [-0.25, -0.2) is 0 Å². The van der Waals surface area contributed by atoms with Crippen LogP contribution in [0.25, 0.3) is 0 Å². The number of nitrogen functional groups attached to an aromatic ring is 1. The standard InChI is InChI=1S/C15H17N3OS/c1-7-11-8(4-15(2,3)5-9(11)19)18-14-12(7)13(17)10(6-16)20-14/h7,18H,4-5,17H2,1-3H3/t7-/m1/s1. The quantitative estimate of drug-likeness (QED) is 0.766. The molecule has 20 heavy (non-hydrogen) atoms. The predicted molar refractivity (Wildman–Crippen MR) is 80.5 cm³/mol. The molecule has 1 atom stereocenters. The maximum absolute atomic E-state index is 12.5. The van der Waals surface area contributed by atoms with Gasteiger partial charge in [0.25, 0.3) is 0 Å². The number of allylic oxidation sites excluding steroid dienone is 2. The highest BCUT2D eigenvalue weighted by molar-refractivity contribution is 7.17. The average Bonchev–Trinajstić information content (AvgIpc) is 2.63. The lowest BCUT2D eigenvalue weighted by molar-refractivity contribution is -0.118. The van der Waals surface area contributed by atoms with Crippen molar-refractivity contribution in [3.63, 3.8) is 0 Å². The summed E-state index contributed by atoms with van der Waals surface area (Å²) in [6, 6.07) is 2.13. The molecule has 1 aliphatic carbocycles. The normalized spacial score (nSPS) is 23.7. The van der Waals surface area contributed by atoms with Crippen molar-refractivity contribution in [2.75, 3.05) is 11.1 Å². The molecule has 2 aliphatic rings. The van der Waals surface area contributed by atoms with Crippen LogP contribution in [0, 0.1) is 16.7 Å². The summed E-state index contributed by atoms with van der Waals surface area (Å²) in [5.74, 6) is 0.175. The molecule has 1 aromatic heterocycles. The first-order valence-electron chi connectivity index (χ1n) is 6.69. The zero-order valence-corrected chi connectivity index (χ0v) is 12.6. The first-order chi connectivity index (χ1) is 9.34. The number of nitrogens with two attached hydrogens (primary N) is 1. The fourth-order valence-electron chi connectivity index (χ4n) is 3.29. The largest absolute Gasteiger partial charge is 0.397 e. The summed E-state index contributed by atoms with van der Waals surface area (Å²) in [5.41, 5.74) is 9.35. The Balaban J connectivity index is 2.13. The number of carbonyl (C=O) groups excluding carboxylic acids is 1. The van der Waals surface area contributed by atoms with Gasteiger partial charge in [-0.05, 0) is 11.8 Å². The van der Waals surface area contributed by atoms with E-state index in [9.17, 15) is 4.79 Å². The Kier molecular flexibility index (Phi) is 2.70. The Morgan fingerprint density at radius 3 is 2.80 bits per heavy atom. The lowest BCUT2D eigenvalue weighted by Crippen LogP contribution is -2.32. The molecule has 0 aromatic carbocycles. The first-order valence-corrected chi connectivity index (χ1v) is 7.51. The first kappa shape index (κ1) is 13.2. The van der Waals surface area contributed by atoms with Crippen molar-refractivity contribution < 1.29 is 4.79 Å². The zero-order valence-electron chi connectivity index (χ0n) is 11.8. The van der Waals surface area contributed by atoms with Crippen LogP contribution in [0.2, 0.25) is 0 Å². The molecule has 3 rings (SSSR count). The summed E-state index contributed by atoms with van der Waals surface area (Å²) in [4.78, 5) is 13.0. The van der Waals surface area contributed by atoms with Crippen LogP contribution in [0.15, 0.2) is 11.3 Å². The van der Waals surface area contributed by atoms with Crippen molar-refractivity contribution in [2.45, 2.75) is 39.5 Å². The van der Waals surface area contributed by atoms with Gasteiger partial charge in [0.15, 0.2) is 5.78 Å². The number of Topliss-reactive ketones (excluding diaryl/α,β-unsaturated/α-hetero) is 1. The van der Waals surface area contributed by atoms with E-state index in [1.807, 2.05) is 6.92 Å². The average molecular weight is 287 g/mol. The van der Waals surface area contributed by atoms with Gasteiger partial charge in [-0.2, -0.15) is 5.26 Å². The van der Waals surface area contributed by atoms with E-state index in [4.69, 9.17) is 11.0 Å². The summed E-state index contributed by atoms with van der Waals surface area (Å²) in [5, 5.41) is 13.4. The van der Waals surface area contributed by atoms with Crippen molar-refractivity contribution >= 4 is 27.8 Å². The minimum Gasteiger partial charge on any atom is -0.397 e. The van der Waals surface area contributed by atoms with Crippen molar-refractivity contribution in [3.05, 3.63) is 21.7 Å². The molecule has 0 saturated heterocycles. The summed E-state index contributed by atoms with van der Waals surface area (Å²) < 4.78 is 0. The maximum atomic E-state index is 12.5. The van der Waals surface area contributed by atoms with Crippen LogP contribution < -0.4 is 11.1 Å². The van der Waals surface area contributed by atoms with Crippen molar-refractivity contribution in [1.82, 2.24) is 0 Å². The van der Waals surface area contributed by atoms with Gasteiger partial charge in [-0.1, -0.05) is 20.8 Å². The number of carbonyl (C=O) groups is 1. The fourth-order valence-corrected chi connectivity index (χ4v) is 4.33. The molecule has 0 unspecified atom stereocenters. The number of anilines is 2. The Hall–Kier alpha value is -1.80. The van der Waals surface area contributed by atoms with Crippen LogP contribution in [-0.4, -0.2) is 5.78 Å². The second kappa shape index (κ2) is 4.10. The van der Waals surface area contributed by atoms with Crippen LogP contribution in [0.1, 0.15) is 50.0 Å². The lowest BCUT2D eigenvalue weighted by Gasteiger charge is -2.37. The predicted octanol–water partition coefficient (Wildman–Crippen LogP) is 3.37. The monoisotopic (exact) mass is 287 g/mol. The molecular weight excluding hydrogens is 270 g/mol. The number of fused-ring (bicyclic) bond motifs is 1. The molecule has 0 bridgehead atoms. The minimum atomic E-state index is -0.0248. The summed E-state index contributed by atoms with van der Waals surface area (Å²) in [7, 11) is 0. The van der Waals surface area contributed by atoms with Crippen molar-refractivity contribution in [2.24, 2.45) is 5.41 Å². The van der Waals surface area contributed by atoms with E-state index in [1.165, 1.54) is 11.3 Å². The van der Waals surface area contributed by atoms with E-state index in [2.05, 4.69) is 25.2 Å². The van der Waals surface area contributed by atoms with Gasteiger partial charge in [0.05, 0.1) is 10.7 Å². The molecule has 0 saturated carbocycles. The van der Waals surface area contributed by atoms with Crippen LogP contribution >= 0.6 is 11.3 Å². The molecule has 0 radical (unpaired) electrons. The third-order valence-corrected chi connectivity index (χ3v) is 5.18. The molecule has 1 aliphatic heterocycles. The molecule has 1 aromatic rings. The van der Waals surface area contributed by atoms with E-state index in [1.54, 1.807) is 0 Å². The Morgan fingerprint density at radius 1 is 1.45 bits per heavy atom. The van der Waals surface area contributed by atoms with Crippen LogP contribution in [-0.2, 0) is 4.79 Å². The number of nitrogens with zero attached hydrogens (tertiary/aromatic N) is 1. The summed E-state index contributed by atoms with van der Waals surface area (Å²) >= 11 is 1.38. The SMILES string of the molecule is C[C@@H]1C2=C(CC(C)(C)CC2=O)Nc2sc(C#N)c(N)c21. The third kappa shape index (κ3) is 1.75. The smallest absolute Gasteiger partial charge is 0.161 e. The number of rotatable bonds is 0. The fraction of sp³-hybridized carbons (Fsp3) is 0.467. The highest BCUT2D eigenvalue weighted by Crippen LogP contribution is 2.51. The molecular formula is C15H17N3OS. The molecule has 4 nitrogen and oxygen atoms in total. The van der Waals surface area contributed by atoms with Crippen LogP contribution in [0.3, 0.4) is 0 Å². The Bertz CT molecular complexity index is 691. The van der Waals surface area contributed by atoms with Gasteiger partial charge >= 0.3 is 0 Å². The third-order valence-electron chi connectivity index (χ3n) is 4.14. The summed E-state index contributed by atoms with van der Waals surface area (Å²) in [6.45, 7) is 6.23. The van der Waals surface area contributed by atoms with E-state index in [0.717, 1.165) is 28.3 Å². The minimum absolute atomic E-state index is 0.0129. The van der Waals surface area contributed by atoms with E-state index < -0.39 is 0 Å². The van der Waals surface area contributed by atoms with Gasteiger partial charge in [0.2, 0.25) is 0 Å². The maximum Gasteiger partial charge on any atom is 0.161 e. The zero-order chi connectivity index (χ0) is 14.7. The molecule has 0 amide bonds. The highest BCUT2D eigenvalue weighted by Gasteiger charge is 2.40. The van der Waals surface area contributed by atoms with E-state index in [-0.39, 0.29) is 17.1 Å². The second-order valence-electron chi connectivity index (χ2n) is 6.38. The Morgan fingerprint density at radius 2 is 2.15 bits per heavy atom. The summed E-state index contributed by atoms with van der Waals surface area (Å²) in [6.07, 6.45) is 1.43. The van der Waals surface area contributed by atoms with Crippen molar-refractivity contribution in [3.8, 4) is 6.07 Å². The number of hydrogen-bond donors (Lipinski definition) is 2. The second-order valence-corrected chi connectivity index (χ2v) is 7.40. The topological polar surface area (TPSA) is 78.9 Å². The lowest BCUT2D eigenvalue weighted by atomic mass is 9.71. The van der Waals surface area contributed by atoms with Crippen LogP contribution in [0.5, 0.6) is 0 Å². The highest BCUT2D eigenvalue weighted by atomic mass is 32.1. The number of nitriles is 1.